The largest absolute Gasteiger partial charge is 0.506 e. The van der Waals surface area contributed by atoms with Gasteiger partial charge in [-0.15, -0.1) is 0 Å². The van der Waals surface area contributed by atoms with Gasteiger partial charge in [0.1, 0.15) is 5.75 Å². The van der Waals surface area contributed by atoms with Crippen LogP contribution in [0.1, 0.15) is 26.8 Å². The average molecular weight is 295 g/mol. The Morgan fingerprint density at radius 3 is 2.40 bits per heavy atom. The highest BCUT2D eigenvalue weighted by atomic mass is 32.2. The quantitative estimate of drug-likeness (QED) is 0.940. The van der Waals surface area contributed by atoms with Gasteiger partial charge in [-0.25, -0.2) is 8.42 Å². The summed E-state index contributed by atoms with van der Waals surface area (Å²) in [6, 6.07) is 6.53. The second-order valence-electron chi connectivity index (χ2n) is 4.87. The maximum Gasteiger partial charge on any atom is 0.273 e. The maximum atomic E-state index is 12.5. The van der Waals surface area contributed by atoms with E-state index in [2.05, 4.69) is 0 Å². The summed E-state index contributed by atoms with van der Waals surface area (Å²) in [6.45, 7) is 5.05. The van der Waals surface area contributed by atoms with Crippen LogP contribution in [0, 0.1) is 0 Å². The molecule has 1 N–H and O–H groups in total. The van der Waals surface area contributed by atoms with E-state index in [1.165, 1.54) is 11.5 Å². The molecule has 0 aliphatic heterocycles. The van der Waals surface area contributed by atoms with Crippen molar-refractivity contribution in [2.75, 3.05) is 5.75 Å². The normalized spacial score (nSPS) is 12.2. The molecule has 0 atom stereocenters. The number of aromatic nitrogens is 1. The highest BCUT2D eigenvalue weighted by Crippen LogP contribution is 2.30. The lowest BCUT2D eigenvalue weighted by molar-refractivity contribution is 0.456. The lowest BCUT2D eigenvalue weighted by Gasteiger charge is -2.17. The van der Waals surface area contributed by atoms with Crippen molar-refractivity contribution in [1.82, 2.24) is 4.57 Å². The molecular formula is C14H17NO4S. The number of para-hydroxylation sites is 1. The van der Waals surface area contributed by atoms with E-state index < -0.39 is 26.0 Å². The first-order valence-corrected chi connectivity index (χ1v) is 8.05. The molecular weight excluding hydrogens is 278 g/mol. The van der Waals surface area contributed by atoms with E-state index in [4.69, 9.17) is 0 Å². The summed E-state index contributed by atoms with van der Waals surface area (Å²) in [6.07, 6.45) is 0. The molecule has 20 heavy (non-hydrogen) atoms. The van der Waals surface area contributed by atoms with E-state index in [9.17, 15) is 18.3 Å². The van der Waals surface area contributed by atoms with Crippen molar-refractivity contribution < 1.29 is 13.5 Å². The van der Waals surface area contributed by atoms with Crippen molar-refractivity contribution in [1.29, 1.82) is 0 Å². The molecule has 0 spiro atoms. The summed E-state index contributed by atoms with van der Waals surface area (Å²) in [4.78, 5) is 12.0. The van der Waals surface area contributed by atoms with E-state index in [0.717, 1.165) is 0 Å². The minimum atomic E-state index is -3.79. The van der Waals surface area contributed by atoms with Crippen molar-refractivity contribution in [3.8, 4) is 5.75 Å². The average Bonchev–Trinajstić information content (AvgIpc) is 2.38. The number of nitrogens with zero attached hydrogens (tertiary/aromatic N) is 1. The third kappa shape index (κ3) is 2.10. The highest BCUT2D eigenvalue weighted by molar-refractivity contribution is 7.91. The number of sulfone groups is 1. The van der Waals surface area contributed by atoms with Crippen molar-refractivity contribution in [3.63, 3.8) is 0 Å². The Balaban J connectivity index is 3.10. The predicted molar refractivity (Wildman–Crippen MR) is 78.0 cm³/mol. The van der Waals surface area contributed by atoms with E-state index in [1.807, 2.05) is 0 Å². The Bertz CT molecular complexity index is 819. The van der Waals surface area contributed by atoms with E-state index >= 15 is 0 Å². The van der Waals surface area contributed by atoms with Crippen LogP contribution in [-0.2, 0) is 9.84 Å². The van der Waals surface area contributed by atoms with Crippen molar-refractivity contribution in [2.24, 2.45) is 0 Å². The second-order valence-corrected chi connectivity index (χ2v) is 7.08. The number of pyridine rings is 1. The fourth-order valence-corrected chi connectivity index (χ4v) is 3.32. The minimum absolute atomic E-state index is 0.209. The van der Waals surface area contributed by atoms with E-state index in [-0.39, 0.29) is 11.8 Å². The molecule has 0 saturated heterocycles. The van der Waals surface area contributed by atoms with Crippen LogP contribution in [0.5, 0.6) is 5.75 Å². The van der Waals surface area contributed by atoms with Gasteiger partial charge in [0.05, 0.1) is 11.3 Å². The Morgan fingerprint density at radius 1 is 1.25 bits per heavy atom. The van der Waals surface area contributed by atoms with Crippen LogP contribution < -0.4 is 5.56 Å². The van der Waals surface area contributed by atoms with Gasteiger partial charge in [0.15, 0.2) is 14.7 Å². The molecule has 0 unspecified atom stereocenters. The lowest BCUT2D eigenvalue weighted by Crippen LogP contribution is -2.28. The van der Waals surface area contributed by atoms with Gasteiger partial charge >= 0.3 is 0 Å². The second kappa shape index (κ2) is 4.94. The highest BCUT2D eigenvalue weighted by Gasteiger charge is 2.26. The summed E-state index contributed by atoms with van der Waals surface area (Å²) in [5, 5.41) is 10.6. The SMILES string of the molecule is CCS(=O)(=O)c1c(O)c2ccccc2n(C(C)C)c1=O. The van der Waals surface area contributed by atoms with Crippen molar-refractivity contribution in [3.05, 3.63) is 34.6 Å². The van der Waals surface area contributed by atoms with Crippen LogP contribution in [0.3, 0.4) is 0 Å². The van der Waals surface area contributed by atoms with Gasteiger partial charge in [0.25, 0.3) is 5.56 Å². The van der Waals surface area contributed by atoms with Gasteiger partial charge < -0.3 is 9.67 Å². The fourth-order valence-electron chi connectivity index (χ4n) is 2.26. The molecule has 108 valence electrons. The van der Waals surface area contributed by atoms with Crippen LogP contribution in [0.4, 0.5) is 0 Å². The Morgan fingerprint density at radius 2 is 1.85 bits per heavy atom. The summed E-state index contributed by atoms with van der Waals surface area (Å²) in [5.74, 6) is -0.684. The number of hydrogen-bond acceptors (Lipinski definition) is 4. The molecule has 1 aromatic heterocycles. The number of benzene rings is 1. The van der Waals surface area contributed by atoms with Crippen molar-refractivity contribution >= 4 is 20.7 Å². The molecule has 0 saturated carbocycles. The summed E-state index contributed by atoms with van der Waals surface area (Å²) in [7, 11) is -3.79. The summed E-state index contributed by atoms with van der Waals surface area (Å²) in [5.41, 5.74) is -0.141. The molecule has 0 bridgehead atoms. The van der Waals surface area contributed by atoms with E-state index in [0.29, 0.717) is 10.9 Å². The van der Waals surface area contributed by atoms with Gasteiger partial charge in [-0.3, -0.25) is 4.79 Å². The standard InChI is InChI=1S/C14H17NO4S/c1-4-20(18,19)13-12(16)10-7-5-6-8-11(10)15(9(2)3)14(13)17/h5-9,16H,4H2,1-3H3. The molecule has 2 aromatic rings. The number of aromatic hydroxyl groups is 1. The zero-order chi connectivity index (χ0) is 15.1. The summed E-state index contributed by atoms with van der Waals surface area (Å²) >= 11 is 0. The monoisotopic (exact) mass is 295 g/mol. The van der Waals surface area contributed by atoms with Crippen LogP contribution in [0.15, 0.2) is 34.0 Å². The first-order valence-electron chi connectivity index (χ1n) is 6.40. The number of hydrogen-bond donors (Lipinski definition) is 1. The molecule has 0 aliphatic rings. The van der Waals surface area contributed by atoms with Crippen molar-refractivity contribution in [2.45, 2.75) is 31.7 Å². The molecule has 0 fully saturated rings. The van der Waals surface area contributed by atoms with Gasteiger partial charge in [-0.05, 0) is 26.0 Å². The minimum Gasteiger partial charge on any atom is -0.506 e. The predicted octanol–water partition coefficient (Wildman–Crippen LogP) is 2.08. The molecule has 0 amide bonds. The smallest absolute Gasteiger partial charge is 0.273 e. The number of rotatable bonds is 3. The van der Waals surface area contributed by atoms with Gasteiger partial charge in [-0.2, -0.15) is 0 Å². The molecule has 1 aromatic carbocycles. The third-order valence-electron chi connectivity index (χ3n) is 3.25. The van der Waals surface area contributed by atoms with Crippen LogP contribution in [0.2, 0.25) is 0 Å². The topological polar surface area (TPSA) is 76.4 Å². The van der Waals surface area contributed by atoms with Crippen LogP contribution in [-0.4, -0.2) is 23.8 Å². The van der Waals surface area contributed by atoms with Gasteiger partial charge in [0.2, 0.25) is 0 Å². The zero-order valence-electron chi connectivity index (χ0n) is 11.6. The molecule has 0 radical (unpaired) electrons. The number of fused-ring (bicyclic) bond motifs is 1. The molecule has 6 heteroatoms. The summed E-state index contributed by atoms with van der Waals surface area (Å²) < 4.78 is 25.6. The fraction of sp³-hybridized carbons (Fsp3) is 0.357. The van der Waals surface area contributed by atoms with Crippen LogP contribution >= 0.6 is 0 Å². The lowest BCUT2D eigenvalue weighted by atomic mass is 10.2. The maximum absolute atomic E-state index is 12.5. The molecule has 0 aliphatic carbocycles. The molecule has 5 nitrogen and oxygen atoms in total. The molecule has 1 heterocycles. The van der Waals surface area contributed by atoms with Crippen LogP contribution in [0.25, 0.3) is 10.9 Å². The third-order valence-corrected chi connectivity index (χ3v) is 5.00. The Labute approximate surface area is 117 Å². The Kier molecular flexibility index (Phi) is 3.60. The Hall–Kier alpha value is -1.82. The first kappa shape index (κ1) is 14.6. The zero-order valence-corrected chi connectivity index (χ0v) is 12.4. The molecule has 2 rings (SSSR count). The van der Waals surface area contributed by atoms with Gasteiger partial charge in [0, 0.05) is 11.4 Å². The van der Waals surface area contributed by atoms with Gasteiger partial charge in [-0.1, -0.05) is 19.1 Å². The van der Waals surface area contributed by atoms with E-state index in [1.54, 1.807) is 38.1 Å². The first-order chi connectivity index (χ1) is 9.31.